The van der Waals surface area contributed by atoms with Crippen molar-refractivity contribution in [3.05, 3.63) is 41.6 Å². The topological polar surface area (TPSA) is 17.8 Å². The summed E-state index contributed by atoms with van der Waals surface area (Å²) < 4.78 is 1.97. The van der Waals surface area contributed by atoms with E-state index in [2.05, 4.69) is 50.1 Å². The van der Waals surface area contributed by atoms with Crippen molar-refractivity contribution in [3.8, 4) is 11.3 Å². The van der Waals surface area contributed by atoms with E-state index in [1.54, 1.807) is 0 Å². The molecule has 0 aliphatic carbocycles. The summed E-state index contributed by atoms with van der Waals surface area (Å²) in [6.45, 7) is 6.57. The van der Waals surface area contributed by atoms with E-state index in [1.807, 2.05) is 17.8 Å². The Morgan fingerprint density at radius 1 is 1.12 bits per heavy atom. The van der Waals surface area contributed by atoms with E-state index in [1.165, 1.54) is 16.8 Å². The van der Waals surface area contributed by atoms with E-state index in [0.29, 0.717) is 5.92 Å². The molecule has 0 saturated heterocycles. The monoisotopic (exact) mass is 214 g/mol. The maximum Gasteiger partial charge on any atom is 0.0960 e. The molecule has 84 valence electrons. The molecule has 16 heavy (non-hydrogen) atoms. The molecule has 0 spiro atoms. The van der Waals surface area contributed by atoms with Crippen LogP contribution in [0.25, 0.3) is 11.3 Å². The van der Waals surface area contributed by atoms with Gasteiger partial charge in [0, 0.05) is 23.9 Å². The fourth-order valence-corrected chi connectivity index (χ4v) is 2.13. The van der Waals surface area contributed by atoms with E-state index in [9.17, 15) is 0 Å². The highest BCUT2D eigenvalue weighted by Gasteiger charge is 2.16. The van der Waals surface area contributed by atoms with Crippen LogP contribution in [0.3, 0.4) is 0 Å². The smallest absolute Gasteiger partial charge is 0.0960 e. The van der Waals surface area contributed by atoms with Gasteiger partial charge in [-0.2, -0.15) is 5.10 Å². The third-order valence-electron chi connectivity index (χ3n) is 3.00. The fraction of sp³-hybridized carbons (Fsp3) is 0.357. The van der Waals surface area contributed by atoms with Crippen LogP contribution in [0, 0.1) is 6.92 Å². The summed E-state index contributed by atoms with van der Waals surface area (Å²) in [5, 5.41) is 4.62. The zero-order chi connectivity index (χ0) is 11.7. The molecule has 2 aromatic rings. The molecule has 0 radical (unpaired) electrons. The third-order valence-corrected chi connectivity index (χ3v) is 3.00. The highest BCUT2D eigenvalue weighted by molar-refractivity contribution is 5.64. The molecule has 0 saturated carbocycles. The van der Waals surface area contributed by atoms with Gasteiger partial charge < -0.3 is 0 Å². The van der Waals surface area contributed by atoms with Crippen LogP contribution in [0.2, 0.25) is 0 Å². The van der Waals surface area contributed by atoms with Gasteiger partial charge in [-0.3, -0.25) is 4.68 Å². The van der Waals surface area contributed by atoms with Crippen molar-refractivity contribution in [2.75, 3.05) is 0 Å². The van der Waals surface area contributed by atoms with Crippen LogP contribution in [-0.4, -0.2) is 9.78 Å². The van der Waals surface area contributed by atoms with Crippen molar-refractivity contribution < 1.29 is 0 Å². The molecule has 0 N–H and O–H groups in total. The molecular formula is C14H18N2. The zero-order valence-corrected chi connectivity index (χ0v) is 10.4. The quantitative estimate of drug-likeness (QED) is 0.748. The molecule has 2 heteroatoms. The van der Waals surface area contributed by atoms with Gasteiger partial charge in [0.2, 0.25) is 0 Å². The van der Waals surface area contributed by atoms with E-state index in [4.69, 9.17) is 0 Å². The number of benzene rings is 1. The van der Waals surface area contributed by atoms with Crippen LogP contribution < -0.4 is 0 Å². The van der Waals surface area contributed by atoms with Crippen LogP contribution in [0.5, 0.6) is 0 Å². The van der Waals surface area contributed by atoms with Crippen molar-refractivity contribution in [2.24, 2.45) is 7.05 Å². The van der Waals surface area contributed by atoms with Crippen LogP contribution >= 0.6 is 0 Å². The summed E-state index contributed by atoms with van der Waals surface area (Å²) in [6, 6.07) is 10.4. The molecule has 1 aromatic heterocycles. The van der Waals surface area contributed by atoms with Gasteiger partial charge in [0.25, 0.3) is 0 Å². The van der Waals surface area contributed by atoms with Crippen molar-refractivity contribution in [3.63, 3.8) is 0 Å². The second-order valence-corrected chi connectivity index (χ2v) is 4.49. The van der Waals surface area contributed by atoms with Gasteiger partial charge >= 0.3 is 0 Å². The molecule has 0 bridgehead atoms. The van der Waals surface area contributed by atoms with E-state index < -0.39 is 0 Å². The van der Waals surface area contributed by atoms with Crippen LogP contribution in [0.1, 0.15) is 31.0 Å². The molecule has 2 rings (SSSR count). The lowest BCUT2D eigenvalue weighted by Gasteiger charge is -2.07. The SMILES string of the molecule is Cc1c(C(C)C)c(-c2ccccc2)nn1C. The molecule has 1 heterocycles. The molecule has 0 aliphatic heterocycles. The third kappa shape index (κ3) is 1.75. The van der Waals surface area contributed by atoms with Gasteiger partial charge in [0.05, 0.1) is 5.69 Å². The number of rotatable bonds is 2. The van der Waals surface area contributed by atoms with Crippen LogP contribution in [0.4, 0.5) is 0 Å². The number of hydrogen-bond donors (Lipinski definition) is 0. The van der Waals surface area contributed by atoms with Gasteiger partial charge in [-0.15, -0.1) is 0 Å². The predicted octanol–water partition coefficient (Wildman–Crippen LogP) is 3.52. The first kappa shape index (κ1) is 10.9. The second-order valence-electron chi connectivity index (χ2n) is 4.49. The number of nitrogens with zero attached hydrogens (tertiary/aromatic N) is 2. The Labute approximate surface area is 96.9 Å². The minimum atomic E-state index is 0.504. The summed E-state index contributed by atoms with van der Waals surface area (Å²) in [5.74, 6) is 0.504. The van der Waals surface area contributed by atoms with Crippen molar-refractivity contribution in [2.45, 2.75) is 26.7 Å². The Morgan fingerprint density at radius 3 is 2.31 bits per heavy atom. The molecule has 1 aromatic carbocycles. The summed E-state index contributed by atoms with van der Waals surface area (Å²) in [6.07, 6.45) is 0. The first-order chi connectivity index (χ1) is 7.61. The Hall–Kier alpha value is -1.57. The molecule has 0 aliphatic rings. The average molecular weight is 214 g/mol. The lowest BCUT2D eigenvalue weighted by atomic mass is 9.97. The molecule has 0 fully saturated rings. The zero-order valence-electron chi connectivity index (χ0n) is 10.4. The first-order valence-electron chi connectivity index (χ1n) is 5.70. The Balaban J connectivity index is 2.62. The number of aromatic nitrogens is 2. The highest BCUT2D eigenvalue weighted by atomic mass is 15.3. The number of aryl methyl sites for hydroxylation is 1. The van der Waals surface area contributed by atoms with Crippen LogP contribution in [-0.2, 0) is 7.05 Å². The van der Waals surface area contributed by atoms with E-state index >= 15 is 0 Å². The normalized spacial score (nSPS) is 11.1. The van der Waals surface area contributed by atoms with Gasteiger partial charge in [0.15, 0.2) is 0 Å². The van der Waals surface area contributed by atoms with Crippen molar-refractivity contribution in [1.29, 1.82) is 0 Å². The Bertz CT molecular complexity index is 481. The van der Waals surface area contributed by atoms with Crippen LogP contribution in [0.15, 0.2) is 30.3 Å². The van der Waals surface area contributed by atoms with E-state index in [0.717, 1.165) is 5.69 Å². The maximum absolute atomic E-state index is 4.62. The van der Waals surface area contributed by atoms with Gasteiger partial charge in [-0.25, -0.2) is 0 Å². The largest absolute Gasteiger partial charge is 0.272 e. The highest BCUT2D eigenvalue weighted by Crippen LogP contribution is 2.30. The molecule has 0 amide bonds. The van der Waals surface area contributed by atoms with Gasteiger partial charge in [-0.05, 0) is 12.8 Å². The Morgan fingerprint density at radius 2 is 1.75 bits per heavy atom. The fourth-order valence-electron chi connectivity index (χ4n) is 2.13. The summed E-state index contributed by atoms with van der Waals surface area (Å²) in [4.78, 5) is 0. The second kappa shape index (κ2) is 4.12. The lowest BCUT2D eigenvalue weighted by Crippen LogP contribution is -1.95. The number of hydrogen-bond acceptors (Lipinski definition) is 1. The van der Waals surface area contributed by atoms with Crippen molar-refractivity contribution >= 4 is 0 Å². The Kier molecular flexibility index (Phi) is 2.82. The summed E-state index contributed by atoms with van der Waals surface area (Å²) in [5.41, 5.74) is 4.94. The maximum atomic E-state index is 4.62. The van der Waals surface area contributed by atoms with E-state index in [-0.39, 0.29) is 0 Å². The van der Waals surface area contributed by atoms with Gasteiger partial charge in [0.1, 0.15) is 0 Å². The van der Waals surface area contributed by atoms with Gasteiger partial charge in [-0.1, -0.05) is 44.2 Å². The minimum absolute atomic E-state index is 0.504. The van der Waals surface area contributed by atoms with Crippen molar-refractivity contribution in [1.82, 2.24) is 9.78 Å². The molecule has 2 nitrogen and oxygen atoms in total. The lowest BCUT2D eigenvalue weighted by molar-refractivity contribution is 0.735. The first-order valence-corrected chi connectivity index (χ1v) is 5.70. The minimum Gasteiger partial charge on any atom is -0.272 e. The predicted molar refractivity (Wildman–Crippen MR) is 67.5 cm³/mol. The summed E-state index contributed by atoms with van der Waals surface area (Å²) in [7, 11) is 2.01. The standard InChI is InChI=1S/C14H18N2/c1-10(2)13-11(3)16(4)15-14(13)12-8-6-5-7-9-12/h5-10H,1-4H3. The molecular weight excluding hydrogens is 196 g/mol. The average Bonchev–Trinajstić information content (AvgIpc) is 2.57. The molecule has 0 unspecified atom stereocenters. The summed E-state index contributed by atoms with van der Waals surface area (Å²) >= 11 is 0. The molecule has 0 atom stereocenters.